The zero-order chi connectivity index (χ0) is 21.1. The van der Waals surface area contributed by atoms with Gasteiger partial charge in [-0.05, 0) is 50.3 Å². The lowest BCUT2D eigenvalue weighted by molar-refractivity contribution is -0.159. The van der Waals surface area contributed by atoms with E-state index in [1.165, 1.54) is 0 Å². The molecule has 2 aromatic carbocycles. The fraction of sp³-hybridized carbons (Fsp3) is 0.292. The molecule has 0 saturated carbocycles. The van der Waals surface area contributed by atoms with Gasteiger partial charge in [0, 0.05) is 17.1 Å². The zero-order valence-electron chi connectivity index (χ0n) is 16.9. The van der Waals surface area contributed by atoms with Gasteiger partial charge < -0.3 is 9.57 Å². The van der Waals surface area contributed by atoms with Crippen LogP contribution in [0.4, 0.5) is 0 Å². The number of pyridine rings is 1. The third kappa shape index (κ3) is 4.70. The Labute approximate surface area is 184 Å². The van der Waals surface area contributed by atoms with Crippen LogP contribution in [0, 0.1) is 5.92 Å². The second-order valence-corrected chi connectivity index (χ2v) is 8.72. The standard InChI is InChI=1S/C24H23BrN2O3/c1-15(2)24(22-13-21(27-30-22)20-10-9-19(25)14-26-20)29-23(28)12-16-7-8-17-5-3-4-6-18(17)11-16/h3-11,14-15,22,24H,12-13H2,1-2H3. The summed E-state index contributed by atoms with van der Waals surface area (Å²) in [5.74, 6) is -0.161. The lowest BCUT2D eigenvalue weighted by Gasteiger charge is -2.25. The molecular formula is C24H23BrN2O3. The minimum absolute atomic E-state index is 0.1000. The van der Waals surface area contributed by atoms with Gasteiger partial charge in [-0.1, -0.05) is 61.5 Å². The molecular weight excluding hydrogens is 444 g/mol. The van der Waals surface area contributed by atoms with Crippen LogP contribution in [0.3, 0.4) is 0 Å². The molecule has 3 aromatic rings. The molecule has 1 aromatic heterocycles. The molecule has 0 fully saturated rings. The summed E-state index contributed by atoms with van der Waals surface area (Å²) in [5, 5.41) is 6.46. The van der Waals surface area contributed by atoms with Crippen LogP contribution in [0.25, 0.3) is 10.8 Å². The van der Waals surface area contributed by atoms with Crippen molar-refractivity contribution in [1.29, 1.82) is 0 Å². The molecule has 2 atom stereocenters. The summed E-state index contributed by atoms with van der Waals surface area (Å²) in [6, 6.07) is 18.0. The largest absolute Gasteiger partial charge is 0.458 e. The summed E-state index contributed by atoms with van der Waals surface area (Å²) in [4.78, 5) is 22.7. The number of fused-ring (bicyclic) bond motifs is 1. The number of nitrogens with zero attached hydrogens (tertiary/aromatic N) is 2. The van der Waals surface area contributed by atoms with E-state index in [2.05, 4.69) is 32.1 Å². The molecule has 1 aliphatic heterocycles. The number of oxime groups is 1. The maximum atomic E-state index is 12.7. The predicted molar refractivity (Wildman–Crippen MR) is 120 cm³/mol. The Morgan fingerprint density at radius 2 is 1.97 bits per heavy atom. The van der Waals surface area contributed by atoms with Gasteiger partial charge in [-0.25, -0.2) is 0 Å². The normalized spacial score (nSPS) is 16.9. The van der Waals surface area contributed by atoms with Crippen molar-refractivity contribution in [2.24, 2.45) is 11.1 Å². The predicted octanol–water partition coefficient (Wildman–Crippen LogP) is 5.30. The average molecular weight is 467 g/mol. The minimum Gasteiger partial charge on any atom is -0.458 e. The number of carbonyl (C=O) groups excluding carboxylic acids is 1. The van der Waals surface area contributed by atoms with Crippen molar-refractivity contribution in [3.05, 3.63) is 76.5 Å². The number of rotatable bonds is 6. The van der Waals surface area contributed by atoms with Crippen molar-refractivity contribution in [3.8, 4) is 0 Å². The lowest BCUT2D eigenvalue weighted by atomic mass is 9.97. The molecule has 0 aliphatic carbocycles. The van der Waals surface area contributed by atoms with Crippen LogP contribution in [-0.2, 0) is 20.8 Å². The van der Waals surface area contributed by atoms with Crippen LogP contribution in [0.15, 0.2) is 70.4 Å². The highest BCUT2D eigenvalue weighted by Gasteiger charge is 2.35. The highest BCUT2D eigenvalue weighted by atomic mass is 79.9. The second kappa shape index (κ2) is 8.96. The van der Waals surface area contributed by atoms with E-state index < -0.39 is 0 Å². The Balaban J connectivity index is 1.40. The first-order chi connectivity index (χ1) is 14.5. The molecule has 0 amide bonds. The van der Waals surface area contributed by atoms with Crippen LogP contribution in [0.1, 0.15) is 31.5 Å². The zero-order valence-corrected chi connectivity index (χ0v) is 18.5. The Bertz CT molecular complexity index is 1080. The van der Waals surface area contributed by atoms with Crippen LogP contribution in [0.2, 0.25) is 0 Å². The number of carbonyl (C=O) groups is 1. The number of benzene rings is 2. The van der Waals surface area contributed by atoms with E-state index in [9.17, 15) is 4.79 Å². The van der Waals surface area contributed by atoms with Gasteiger partial charge in [0.05, 0.1) is 12.1 Å². The van der Waals surface area contributed by atoms with E-state index in [4.69, 9.17) is 9.57 Å². The van der Waals surface area contributed by atoms with Crippen molar-refractivity contribution in [2.45, 2.75) is 38.9 Å². The van der Waals surface area contributed by atoms with E-state index in [1.807, 2.05) is 62.4 Å². The maximum absolute atomic E-state index is 12.7. The van der Waals surface area contributed by atoms with Crippen molar-refractivity contribution in [3.63, 3.8) is 0 Å². The summed E-state index contributed by atoms with van der Waals surface area (Å²) in [6.07, 6.45) is 1.82. The van der Waals surface area contributed by atoms with E-state index >= 15 is 0 Å². The van der Waals surface area contributed by atoms with Gasteiger partial charge in [0.1, 0.15) is 11.8 Å². The highest BCUT2D eigenvalue weighted by Crippen LogP contribution is 2.25. The van der Waals surface area contributed by atoms with E-state index in [-0.39, 0.29) is 30.5 Å². The number of ether oxygens (including phenoxy) is 1. The average Bonchev–Trinajstić information content (AvgIpc) is 3.22. The topological polar surface area (TPSA) is 60.8 Å². The molecule has 0 saturated heterocycles. The van der Waals surface area contributed by atoms with Crippen molar-refractivity contribution in [1.82, 2.24) is 4.98 Å². The number of esters is 1. The van der Waals surface area contributed by atoms with Crippen molar-refractivity contribution < 1.29 is 14.4 Å². The molecule has 154 valence electrons. The van der Waals surface area contributed by atoms with E-state index in [1.54, 1.807) is 6.20 Å². The third-order valence-corrected chi connectivity index (χ3v) is 5.64. The van der Waals surface area contributed by atoms with Crippen molar-refractivity contribution >= 4 is 38.4 Å². The molecule has 30 heavy (non-hydrogen) atoms. The van der Waals surface area contributed by atoms with Gasteiger partial charge >= 0.3 is 5.97 Å². The molecule has 4 rings (SSSR count). The minimum atomic E-state index is -0.380. The number of aromatic nitrogens is 1. The molecule has 0 spiro atoms. The first kappa shape index (κ1) is 20.5. The number of hydrogen-bond donors (Lipinski definition) is 0. The quantitative estimate of drug-likeness (QED) is 0.462. The summed E-state index contributed by atoms with van der Waals surface area (Å²) in [5.41, 5.74) is 2.47. The van der Waals surface area contributed by atoms with Gasteiger partial charge in [0.2, 0.25) is 0 Å². The summed E-state index contributed by atoms with van der Waals surface area (Å²) in [7, 11) is 0. The molecule has 5 nitrogen and oxygen atoms in total. The molecule has 0 N–H and O–H groups in total. The number of hydrogen-bond acceptors (Lipinski definition) is 5. The van der Waals surface area contributed by atoms with Crippen LogP contribution in [-0.4, -0.2) is 28.9 Å². The molecule has 2 heterocycles. The molecule has 6 heteroatoms. The van der Waals surface area contributed by atoms with Gasteiger partial charge in [0.25, 0.3) is 0 Å². The first-order valence-electron chi connectivity index (χ1n) is 10.0. The molecule has 2 unspecified atom stereocenters. The fourth-order valence-electron chi connectivity index (χ4n) is 3.62. The van der Waals surface area contributed by atoms with Crippen LogP contribution in [0.5, 0.6) is 0 Å². The van der Waals surface area contributed by atoms with Gasteiger partial charge in [-0.3, -0.25) is 9.78 Å². The van der Waals surface area contributed by atoms with E-state index in [0.717, 1.165) is 32.2 Å². The SMILES string of the molecule is CC(C)C(OC(=O)Cc1ccc2ccccc2c1)C1CC(c2ccc(Br)cn2)=NO1. The number of halogens is 1. The Hall–Kier alpha value is -2.73. The Morgan fingerprint density at radius 3 is 2.70 bits per heavy atom. The maximum Gasteiger partial charge on any atom is 0.310 e. The van der Waals surface area contributed by atoms with Gasteiger partial charge in [0.15, 0.2) is 6.10 Å². The van der Waals surface area contributed by atoms with Gasteiger partial charge in [-0.15, -0.1) is 0 Å². The molecule has 1 aliphatic rings. The van der Waals surface area contributed by atoms with Crippen LogP contribution >= 0.6 is 15.9 Å². The van der Waals surface area contributed by atoms with Crippen molar-refractivity contribution in [2.75, 3.05) is 0 Å². The lowest BCUT2D eigenvalue weighted by Crippen LogP contribution is -2.36. The third-order valence-electron chi connectivity index (χ3n) is 5.17. The summed E-state index contributed by atoms with van der Waals surface area (Å²) < 4.78 is 6.76. The Morgan fingerprint density at radius 1 is 1.17 bits per heavy atom. The smallest absolute Gasteiger partial charge is 0.310 e. The fourth-order valence-corrected chi connectivity index (χ4v) is 3.86. The molecule has 0 bridgehead atoms. The van der Waals surface area contributed by atoms with Crippen LogP contribution < -0.4 is 0 Å². The van der Waals surface area contributed by atoms with E-state index in [0.29, 0.717) is 6.42 Å². The highest BCUT2D eigenvalue weighted by molar-refractivity contribution is 9.10. The van der Waals surface area contributed by atoms with Gasteiger partial charge in [-0.2, -0.15) is 0 Å². The Kier molecular flexibility index (Phi) is 6.13. The molecule has 0 radical (unpaired) electrons. The first-order valence-corrected chi connectivity index (χ1v) is 10.8. The summed E-state index contributed by atoms with van der Waals surface area (Å²) in [6.45, 7) is 4.04. The second-order valence-electron chi connectivity index (χ2n) is 7.80. The summed E-state index contributed by atoms with van der Waals surface area (Å²) >= 11 is 3.38. The monoisotopic (exact) mass is 466 g/mol.